The minimum Gasteiger partial charge on any atom is -0.338 e. The van der Waals surface area contributed by atoms with Gasteiger partial charge in [-0.25, -0.2) is 4.39 Å². The first-order valence-electron chi connectivity index (χ1n) is 7.44. The van der Waals surface area contributed by atoms with E-state index in [2.05, 4.69) is 11.9 Å². The van der Waals surface area contributed by atoms with E-state index in [1.165, 1.54) is 12.1 Å². The van der Waals surface area contributed by atoms with Crippen molar-refractivity contribution in [3.8, 4) is 0 Å². The highest BCUT2D eigenvalue weighted by molar-refractivity contribution is 5.95. The summed E-state index contributed by atoms with van der Waals surface area (Å²) in [6.45, 7) is 5.72. The monoisotopic (exact) mass is 288 g/mol. The lowest BCUT2D eigenvalue weighted by atomic mass is 10.0. The van der Waals surface area contributed by atoms with Crippen molar-refractivity contribution in [2.24, 2.45) is 11.8 Å². The summed E-state index contributed by atoms with van der Waals surface area (Å²) < 4.78 is 13.2. The second kappa shape index (κ2) is 5.60. The molecule has 0 radical (unpaired) electrons. The van der Waals surface area contributed by atoms with Crippen molar-refractivity contribution < 1.29 is 9.18 Å². The molecule has 1 aromatic carbocycles. The fraction of sp³-hybridized carbons (Fsp3) is 0.471. The third kappa shape index (κ3) is 3.00. The molecule has 2 atom stereocenters. The number of halogens is 1. The molecule has 21 heavy (non-hydrogen) atoms. The Morgan fingerprint density at radius 1 is 1.24 bits per heavy atom. The van der Waals surface area contributed by atoms with E-state index in [0.717, 1.165) is 37.3 Å². The Kier molecular flexibility index (Phi) is 3.81. The molecular weight excluding hydrogens is 267 g/mol. The fourth-order valence-corrected chi connectivity index (χ4v) is 3.50. The van der Waals surface area contributed by atoms with Crippen LogP contribution in [0.2, 0.25) is 0 Å². The molecule has 2 aliphatic heterocycles. The summed E-state index contributed by atoms with van der Waals surface area (Å²) >= 11 is 0. The number of nitrogens with zero attached hydrogens (tertiary/aromatic N) is 2. The topological polar surface area (TPSA) is 23.6 Å². The minimum absolute atomic E-state index is 0.0498. The molecule has 0 aromatic heterocycles. The molecule has 1 amide bonds. The van der Waals surface area contributed by atoms with Gasteiger partial charge in [-0.3, -0.25) is 4.79 Å². The van der Waals surface area contributed by atoms with Gasteiger partial charge < -0.3 is 9.80 Å². The minimum atomic E-state index is -0.272. The first-order valence-corrected chi connectivity index (χ1v) is 7.44. The quantitative estimate of drug-likeness (QED) is 0.779. The number of amides is 1. The second-order valence-electron chi connectivity index (χ2n) is 6.32. The van der Waals surface area contributed by atoms with Gasteiger partial charge in [0, 0.05) is 32.3 Å². The Morgan fingerprint density at radius 3 is 2.52 bits per heavy atom. The Balaban J connectivity index is 1.68. The largest absolute Gasteiger partial charge is 0.338 e. The van der Waals surface area contributed by atoms with Crippen LogP contribution in [0.5, 0.6) is 0 Å². The maximum Gasteiger partial charge on any atom is 0.246 e. The van der Waals surface area contributed by atoms with Gasteiger partial charge in [0.15, 0.2) is 0 Å². The molecule has 1 aromatic rings. The Labute approximate surface area is 125 Å². The SMILES string of the molecule is C/C(=C\C(=O)N1C[C@H]2CN(C)C[C@H]2C1)c1cccc(F)c1. The van der Waals surface area contributed by atoms with E-state index in [1.807, 2.05) is 17.9 Å². The van der Waals surface area contributed by atoms with Crippen LogP contribution in [0.1, 0.15) is 12.5 Å². The Morgan fingerprint density at radius 2 is 1.90 bits per heavy atom. The van der Waals surface area contributed by atoms with Crippen LogP contribution in [0.25, 0.3) is 5.57 Å². The Hall–Kier alpha value is -1.68. The van der Waals surface area contributed by atoms with Crippen molar-refractivity contribution >= 4 is 11.5 Å². The lowest BCUT2D eigenvalue weighted by Crippen LogP contribution is -2.31. The molecule has 2 aliphatic rings. The number of carbonyl (C=O) groups excluding carboxylic acids is 1. The second-order valence-corrected chi connectivity index (χ2v) is 6.32. The molecular formula is C17H21FN2O. The summed E-state index contributed by atoms with van der Waals surface area (Å²) in [4.78, 5) is 16.6. The van der Waals surface area contributed by atoms with Gasteiger partial charge in [0.1, 0.15) is 5.82 Å². The number of hydrogen-bond acceptors (Lipinski definition) is 2. The van der Waals surface area contributed by atoms with Crippen molar-refractivity contribution in [3.05, 3.63) is 41.7 Å². The van der Waals surface area contributed by atoms with Crippen LogP contribution in [0.4, 0.5) is 4.39 Å². The molecule has 0 spiro atoms. The fourth-order valence-electron chi connectivity index (χ4n) is 3.50. The van der Waals surface area contributed by atoms with Crippen LogP contribution in [0.15, 0.2) is 30.3 Å². The Bertz CT molecular complexity index is 570. The van der Waals surface area contributed by atoms with E-state index >= 15 is 0 Å². The lowest BCUT2D eigenvalue weighted by Gasteiger charge is -2.18. The number of likely N-dealkylation sites (tertiary alicyclic amines) is 2. The standard InChI is InChI=1S/C17H21FN2O/c1-12(13-4-3-5-16(18)7-13)6-17(21)20-10-14-8-19(2)9-15(14)11-20/h3-7,14-15H,8-11H2,1-2H3/b12-6+/t14-,15+. The van der Waals surface area contributed by atoms with Crippen molar-refractivity contribution in [1.29, 1.82) is 0 Å². The molecule has 2 saturated heterocycles. The van der Waals surface area contributed by atoms with Crippen LogP contribution in [0.3, 0.4) is 0 Å². The first-order chi connectivity index (χ1) is 10.0. The summed E-state index contributed by atoms with van der Waals surface area (Å²) in [6, 6.07) is 6.38. The first kappa shape index (κ1) is 14.3. The van der Waals surface area contributed by atoms with Gasteiger partial charge >= 0.3 is 0 Å². The van der Waals surface area contributed by atoms with Gasteiger partial charge in [-0.2, -0.15) is 0 Å². The van der Waals surface area contributed by atoms with Gasteiger partial charge in [-0.15, -0.1) is 0 Å². The van der Waals surface area contributed by atoms with Crippen molar-refractivity contribution in [2.45, 2.75) is 6.92 Å². The highest BCUT2D eigenvalue weighted by Gasteiger charge is 2.39. The third-order valence-corrected chi connectivity index (χ3v) is 4.60. The third-order valence-electron chi connectivity index (χ3n) is 4.60. The van der Waals surface area contributed by atoms with Crippen LogP contribution in [0, 0.1) is 17.7 Å². The average Bonchev–Trinajstić information content (AvgIpc) is 2.95. The summed E-state index contributed by atoms with van der Waals surface area (Å²) in [5.41, 5.74) is 1.58. The number of rotatable bonds is 2. The molecule has 0 unspecified atom stereocenters. The summed E-state index contributed by atoms with van der Waals surface area (Å²) in [7, 11) is 2.14. The van der Waals surface area contributed by atoms with Crippen LogP contribution < -0.4 is 0 Å². The number of carbonyl (C=O) groups is 1. The molecule has 3 nitrogen and oxygen atoms in total. The number of fused-ring (bicyclic) bond motifs is 1. The predicted molar refractivity (Wildman–Crippen MR) is 81.1 cm³/mol. The molecule has 2 fully saturated rings. The molecule has 0 bridgehead atoms. The van der Waals surface area contributed by atoms with Crippen LogP contribution in [-0.2, 0) is 4.79 Å². The maximum atomic E-state index is 13.2. The zero-order chi connectivity index (χ0) is 15.0. The zero-order valence-corrected chi connectivity index (χ0v) is 12.6. The van der Waals surface area contributed by atoms with Crippen LogP contribution >= 0.6 is 0 Å². The zero-order valence-electron chi connectivity index (χ0n) is 12.6. The van der Waals surface area contributed by atoms with Gasteiger partial charge in [0.05, 0.1) is 0 Å². The van der Waals surface area contributed by atoms with E-state index in [4.69, 9.17) is 0 Å². The van der Waals surface area contributed by atoms with E-state index in [0.29, 0.717) is 11.8 Å². The van der Waals surface area contributed by atoms with Gasteiger partial charge in [0.25, 0.3) is 0 Å². The van der Waals surface area contributed by atoms with Gasteiger partial charge in [-0.1, -0.05) is 12.1 Å². The van der Waals surface area contributed by atoms with E-state index in [-0.39, 0.29) is 11.7 Å². The van der Waals surface area contributed by atoms with Crippen molar-refractivity contribution in [2.75, 3.05) is 33.2 Å². The predicted octanol–water partition coefficient (Wildman–Crippen LogP) is 2.25. The number of allylic oxidation sites excluding steroid dienone is 1. The average molecular weight is 288 g/mol. The van der Waals surface area contributed by atoms with Gasteiger partial charge in [-0.05, 0) is 49.1 Å². The molecule has 0 aliphatic carbocycles. The molecule has 112 valence electrons. The molecule has 4 heteroatoms. The summed E-state index contributed by atoms with van der Waals surface area (Å²) in [5, 5.41) is 0. The molecule has 0 N–H and O–H groups in total. The van der Waals surface area contributed by atoms with E-state index < -0.39 is 0 Å². The lowest BCUT2D eigenvalue weighted by molar-refractivity contribution is -0.125. The van der Waals surface area contributed by atoms with Crippen molar-refractivity contribution in [3.63, 3.8) is 0 Å². The summed E-state index contributed by atoms with van der Waals surface area (Å²) in [5.74, 6) is 1.00. The summed E-state index contributed by atoms with van der Waals surface area (Å²) in [6.07, 6.45) is 1.64. The van der Waals surface area contributed by atoms with Crippen molar-refractivity contribution in [1.82, 2.24) is 9.80 Å². The molecule has 2 heterocycles. The maximum absolute atomic E-state index is 13.2. The smallest absolute Gasteiger partial charge is 0.246 e. The van der Waals surface area contributed by atoms with Gasteiger partial charge in [0.2, 0.25) is 5.91 Å². The molecule has 0 saturated carbocycles. The molecule has 3 rings (SSSR count). The van der Waals surface area contributed by atoms with Crippen LogP contribution in [-0.4, -0.2) is 48.9 Å². The number of benzene rings is 1. The van der Waals surface area contributed by atoms with E-state index in [9.17, 15) is 9.18 Å². The highest BCUT2D eigenvalue weighted by atomic mass is 19.1. The number of hydrogen-bond donors (Lipinski definition) is 0. The highest BCUT2D eigenvalue weighted by Crippen LogP contribution is 2.30. The normalized spacial score (nSPS) is 26.2. The van der Waals surface area contributed by atoms with E-state index in [1.54, 1.807) is 12.1 Å².